The second-order valence-corrected chi connectivity index (χ2v) is 10.5. The second-order valence-electron chi connectivity index (χ2n) is 7.48. The van der Waals surface area contributed by atoms with E-state index in [9.17, 15) is 4.79 Å². The monoisotopic (exact) mass is 482 g/mol. The molecule has 2 heterocycles. The van der Waals surface area contributed by atoms with Crippen molar-refractivity contribution in [1.82, 2.24) is 4.98 Å². The van der Waals surface area contributed by atoms with E-state index in [1.807, 2.05) is 36.4 Å². The molecule has 146 valence electrons. The predicted octanol–water partition coefficient (Wildman–Crippen LogP) is 7.16. The van der Waals surface area contributed by atoms with Crippen molar-refractivity contribution in [1.29, 1.82) is 0 Å². The Kier molecular flexibility index (Phi) is 5.02. The van der Waals surface area contributed by atoms with Crippen LogP contribution in [0.25, 0.3) is 20.8 Å². The number of amides is 1. The summed E-state index contributed by atoms with van der Waals surface area (Å²) in [4.78, 5) is 19.3. The van der Waals surface area contributed by atoms with Gasteiger partial charge in [0.1, 0.15) is 10.0 Å². The molecule has 1 N–H and O–H groups in total. The van der Waals surface area contributed by atoms with E-state index in [0.29, 0.717) is 11.5 Å². The van der Waals surface area contributed by atoms with Crippen molar-refractivity contribution in [2.24, 2.45) is 5.92 Å². The molecule has 1 unspecified atom stereocenters. The number of carbonyl (C=O) groups is 1. The van der Waals surface area contributed by atoms with Crippen LogP contribution in [0, 0.1) is 5.92 Å². The van der Waals surface area contributed by atoms with E-state index in [2.05, 4.69) is 40.3 Å². The zero-order valence-corrected chi connectivity index (χ0v) is 19.1. The van der Waals surface area contributed by atoms with Crippen LogP contribution in [-0.2, 0) is 12.8 Å². The third kappa shape index (κ3) is 3.54. The number of thiophene rings is 1. The van der Waals surface area contributed by atoms with Gasteiger partial charge in [0.25, 0.3) is 5.91 Å². The minimum absolute atomic E-state index is 0.0912. The number of halogens is 1. The van der Waals surface area contributed by atoms with Crippen LogP contribution in [0.4, 0.5) is 5.00 Å². The average Bonchev–Trinajstić information content (AvgIpc) is 3.28. The molecule has 0 bridgehead atoms. The number of hydrogen-bond donors (Lipinski definition) is 1. The van der Waals surface area contributed by atoms with E-state index in [1.54, 1.807) is 22.7 Å². The first-order chi connectivity index (χ1) is 14.1. The summed E-state index contributed by atoms with van der Waals surface area (Å²) in [6, 6.07) is 15.8. The Morgan fingerprint density at radius 3 is 2.76 bits per heavy atom. The molecule has 0 spiro atoms. The summed E-state index contributed by atoms with van der Waals surface area (Å²) >= 11 is 6.92. The van der Waals surface area contributed by atoms with Crippen molar-refractivity contribution in [3.05, 3.63) is 69.0 Å². The number of para-hydroxylation sites is 1. The van der Waals surface area contributed by atoms with Gasteiger partial charge in [0, 0.05) is 14.9 Å². The fraction of sp³-hybridized carbons (Fsp3) is 0.217. The summed E-state index contributed by atoms with van der Waals surface area (Å²) in [6.07, 6.45) is 3.30. The average molecular weight is 483 g/mol. The Morgan fingerprint density at radius 2 is 1.93 bits per heavy atom. The molecule has 5 rings (SSSR count). The lowest BCUT2D eigenvalue weighted by Crippen LogP contribution is -2.12. The molecule has 2 aromatic carbocycles. The maximum atomic E-state index is 13.0. The number of hydrogen-bond acceptors (Lipinski definition) is 4. The Morgan fingerprint density at radius 1 is 1.14 bits per heavy atom. The van der Waals surface area contributed by atoms with Crippen molar-refractivity contribution in [2.45, 2.75) is 26.2 Å². The number of aromatic nitrogens is 1. The minimum atomic E-state index is -0.0912. The molecule has 6 heteroatoms. The number of anilines is 1. The number of benzene rings is 2. The van der Waals surface area contributed by atoms with E-state index in [4.69, 9.17) is 4.98 Å². The second kappa shape index (κ2) is 7.67. The SMILES string of the molecule is CC1CCc2c(sc(NC(=O)c3ccccc3Br)c2-c2nc3ccccc3s2)C1. The van der Waals surface area contributed by atoms with Gasteiger partial charge in [0.2, 0.25) is 0 Å². The first-order valence-corrected chi connectivity index (χ1v) is 12.1. The molecule has 29 heavy (non-hydrogen) atoms. The number of nitrogens with zero attached hydrogens (tertiary/aromatic N) is 1. The highest BCUT2D eigenvalue weighted by atomic mass is 79.9. The number of fused-ring (bicyclic) bond motifs is 2. The van der Waals surface area contributed by atoms with Crippen LogP contribution < -0.4 is 5.32 Å². The molecular weight excluding hydrogens is 464 g/mol. The van der Waals surface area contributed by atoms with E-state index in [1.165, 1.54) is 21.6 Å². The molecule has 3 nitrogen and oxygen atoms in total. The standard InChI is InChI=1S/C23H19BrN2OS2/c1-13-10-11-15-19(12-13)29-23(26-21(27)14-6-2-3-7-16(14)24)20(15)22-25-17-8-4-5-9-18(17)28-22/h2-9,13H,10-12H2,1H3,(H,26,27). The van der Waals surface area contributed by atoms with E-state index in [0.717, 1.165) is 38.4 Å². The first-order valence-electron chi connectivity index (χ1n) is 9.66. The number of thiazole rings is 1. The fourth-order valence-corrected chi connectivity index (χ4v) is 6.84. The van der Waals surface area contributed by atoms with Crippen molar-refractivity contribution in [3.63, 3.8) is 0 Å². The molecule has 1 atom stereocenters. The van der Waals surface area contributed by atoms with Gasteiger partial charge in [-0.2, -0.15) is 0 Å². The number of nitrogens with one attached hydrogen (secondary N) is 1. The minimum Gasteiger partial charge on any atom is -0.313 e. The molecule has 1 aliphatic rings. The molecule has 0 saturated heterocycles. The lowest BCUT2D eigenvalue weighted by molar-refractivity contribution is 0.102. The lowest BCUT2D eigenvalue weighted by Gasteiger charge is -2.18. The quantitative estimate of drug-likeness (QED) is 0.336. The predicted molar refractivity (Wildman–Crippen MR) is 126 cm³/mol. The van der Waals surface area contributed by atoms with E-state index >= 15 is 0 Å². The maximum Gasteiger partial charge on any atom is 0.257 e. The van der Waals surface area contributed by atoms with Crippen molar-refractivity contribution >= 4 is 59.7 Å². The third-order valence-corrected chi connectivity index (χ3v) is 8.28. The normalized spacial score (nSPS) is 16.0. The first kappa shape index (κ1) is 19.0. The van der Waals surface area contributed by atoms with Crippen LogP contribution in [-0.4, -0.2) is 10.9 Å². The molecular formula is C23H19BrN2OS2. The van der Waals surface area contributed by atoms with Gasteiger partial charge in [-0.3, -0.25) is 4.79 Å². The van der Waals surface area contributed by atoms with Crippen molar-refractivity contribution < 1.29 is 4.79 Å². The zero-order chi connectivity index (χ0) is 20.0. The number of carbonyl (C=O) groups excluding carboxylic acids is 1. The van der Waals surface area contributed by atoms with Crippen molar-refractivity contribution in [2.75, 3.05) is 5.32 Å². The molecule has 1 aliphatic carbocycles. The number of rotatable bonds is 3. The highest BCUT2D eigenvalue weighted by molar-refractivity contribution is 9.10. The lowest BCUT2D eigenvalue weighted by atomic mass is 9.88. The van der Waals surface area contributed by atoms with Gasteiger partial charge in [-0.15, -0.1) is 22.7 Å². The molecule has 0 fully saturated rings. The smallest absolute Gasteiger partial charge is 0.257 e. The molecule has 1 amide bonds. The van der Waals surface area contributed by atoms with Gasteiger partial charge in [0.05, 0.1) is 15.8 Å². The highest BCUT2D eigenvalue weighted by Gasteiger charge is 2.27. The van der Waals surface area contributed by atoms with Crippen LogP contribution in [0.3, 0.4) is 0 Å². The molecule has 0 radical (unpaired) electrons. The van der Waals surface area contributed by atoms with Crippen LogP contribution in [0.1, 0.15) is 34.1 Å². The highest BCUT2D eigenvalue weighted by Crippen LogP contribution is 2.47. The summed E-state index contributed by atoms with van der Waals surface area (Å²) < 4.78 is 1.98. The summed E-state index contributed by atoms with van der Waals surface area (Å²) in [7, 11) is 0. The molecule has 0 saturated carbocycles. The summed E-state index contributed by atoms with van der Waals surface area (Å²) in [5.41, 5.74) is 4.15. The topological polar surface area (TPSA) is 42.0 Å². The third-order valence-electron chi connectivity index (χ3n) is 5.36. The van der Waals surface area contributed by atoms with Crippen molar-refractivity contribution in [3.8, 4) is 10.6 Å². The summed E-state index contributed by atoms with van der Waals surface area (Å²) in [5, 5.41) is 5.12. The zero-order valence-electron chi connectivity index (χ0n) is 15.9. The largest absolute Gasteiger partial charge is 0.313 e. The molecule has 2 aromatic heterocycles. The van der Waals surface area contributed by atoms with E-state index < -0.39 is 0 Å². The Hall–Kier alpha value is -2.02. The van der Waals surface area contributed by atoms with E-state index in [-0.39, 0.29) is 5.91 Å². The Bertz CT molecular complexity index is 1190. The van der Waals surface area contributed by atoms with Gasteiger partial charge in [-0.25, -0.2) is 4.98 Å². The maximum absolute atomic E-state index is 13.0. The van der Waals surface area contributed by atoms with Crippen LogP contribution in [0.15, 0.2) is 53.0 Å². The molecule has 0 aliphatic heterocycles. The van der Waals surface area contributed by atoms with Gasteiger partial charge in [-0.1, -0.05) is 31.2 Å². The van der Waals surface area contributed by atoms with Gasteiger partial charge < -0.3 is 5.32 Å². The van der Waals surface area contributed by atoms with Crippen LogP contribution in [0.5, 0.6) is 0 Å². The Balaban J connectivity index is 1.61. The van der Waals surface area contributed by atoms with Gasteiger partial charge in [0.15, 0.2) is 0 Å². The fourth-order valence-electron chi connectivity index (χ4n) is 3.86. The van der Waals surface area contributed by atoms with Crippen LogP contribution >= 0.6 is 38.6 Å². The Labute approximate surface area is 185 Å². The van der Waals surface area contributed by atoms with Gasteiger partial charge in [-0.05, 0) is 70.9 Å². The summed E-state index contributed by atoms with van der Waals surface area (Å²) in [6.45, 7) is 2.30. The molecule has 4 aromatic rings. The van der Waals surface area contributed by atoms with Gasteiger partial charge >= 0.3 is 0 Å². The van der Waals surface area contributed by atoms with Crippen LogP contribution in [0.2, 0.25) is 0 Å². The summed E-state index contributed by atoms with van der Waals surface area (Å²) in [5.74, 6) is 0.586.